The van der Waals surface area contributed by atoms with Crippen LogP contribution in [0.2, 0.25) is 0 Å². The molecule has 5 heterocycles. The molecule has 0 radical (unpaired) electrons. The molecule has 1 N–H and O–H groups in total. The summed E-state index contributed by atoms with van der Waals surface area (Å²) in [6.07, 6.45) is 4.84. The van der Waals surface area contributed by atoms with E-state index in [1.807, 2.05) is 35.4 Å². The van der Waals surface area contributed by atoms with E-state index < -0.39 is 0 Å². The maximum atomic E-state index is 13.3. The summed E-state index contributed by atoms with van der Waals surface area (Å²) in [6, 6.07) is 10.3. The molecule has 9 nitrogen and oxygen atoms in total. The van der Waals surface area contributed by atoms with Crippen LogP contribution in [-0.4, -0.2) is 94.6 Å². The first-order valence-corrected chi connectivity index (χ1v) is 14.2. The molecule has 1 aromatic carbocycles. The number of methoxy groups -OCH3 is 1. The third-order valence-electron chi connectivity index (χ3n) is 8.14. The number of benzene rings is 1. The number of nitrogens with one attached hydrogen (secondary N) is 1. The first-order valence-electron chi connectivity index (χ1n) is 13.4. The summed E-state index contributed by atoms with van der Waals surface area (Å²) < 4.78 is 8.93. The standard InChI is InChI=1S/C28H34BrN7O2/c1-33-13-15-34(16-14-33)21-8-10-35(11-9-21)27(37)19-3-4-22(24(17-19)38-2)31-28-30-18-20-7-12-36-23(26(20)32-28)5-6-25(36)29/h3-6,17-18,21H,7-16H2,1-2H3,(H,30,31,32). The van der Waals surface area contributed by atoms with Crippen molar-refractivity contribution in [1.82, 2.24) is 29.2 Å². The second-order valence-corrected chi connectivity index (χ2v) is 11.2. The Morgan fingerprint density at radius 2 is 1.84 bits per heavy atom. The van der Waals surface area contributed by atoms with E-state index in [1.165, 1.54) is 0 Å². The van der Waals surface area contributed by atoms with Crippen LogP contribution >= 0.6 is 15.9 Å². The summed E-state index contributed by atoms with van der Waals surface area (Å²) >= 11 is 3.62. The van der Waals surface area contributed by atoms with Gasteiger partial charge >= 0.3 is 0 Å². The second kappa shape index (κ2) is 10.7. The van der Waals surface area contributed by atoms with Gasteiger partial charge in [-0.05, 0) is 72.6 Å². The van der Waals surface area contributed by atoms with E-state index in [9.17, 15) is 4.79 Å². The first kappa shape index (κ1) is 25.3. The summed E-state index contributed by atoms with van der Waals surface area (Å²) in [5.41, 5.74) is 4.51. The summed E-state index contributed by atoms with van der Waals surface area (Å²) in [7, 11) is 3.81. The summed E-state index contributed by atoms with van der Waals surface area (Å²) in [5, 5.41) is 3.30. The van der Waals surface area contributed by atoms with Crippen LogP contribution in [0.4, 0.5) is 11.6 Å². The number of likely N-dealkylation sites (N-methyl/N-ethyl adjacent to an activating group) is 1. The van der Waals surface area contributed by atoms with Crippen molar-refractivity contribution in [1.29, 1.82) is 0 Å². The molecule has 38 heavy (non-hydrogen) atoms. The number of piperazine rings is 1. The Labute approximate surface area is 231 Å². The lowest BCUT2D eigenvalue weighted by atomic mass is 10.0. The lowest BCUT2D eigenvalue weighted by Crippen LogP contribution is -2.52. The molecule has 200 valence electrons. The zero-order valence-electron chi connectivity index (χ0n) is 22.0. The van der Waals surface area contributed by atoms with E-state index in [2.05, 4.69) is 53.7 Å². The van der Waals surface area contributed by atoms with Gasteiger partial charge in [-0.15, -0.1) is 0 Å². The molecule has 3 aromatic rings. The smallest absolute Gasteiger partial charge is 0.253 e. The topological polar surface area (TPSA) is 78.8 Å². The monoisotopic (exact) mass is 579 g/mol. The van der Waals surface area contributed by atoms with Gasteiger partial charge in [-0.1, -0.05) is 0 Å². The maximum absolute atomic E-state index is 13.3. The van der Waals surface area contributed by atoms with Gasteiger partial charge in [-0.3, -0.25) is 9.69 Å². The van der Waals surface area contributed by atoms with E-state index in [4.69, 9.17) is 9.72 Å². The molecule has 0 aliphatic carbocycles. The highest BCUT2D eigenvalue weighted by molar-refractivity contribution is 9.10. The molecule has 10 heteroatoms. The lowest BCUT2D eigenvalue weighted by Gasteiger charge is -2.42. The minimum absolute atomic E-state index is 0.0584. The van der Waals surface area contributed by atoms with Crippen LogP contribution in [0.5, 0.6) is 5.75 Å². The van der Waals surface area contributed by atoms with Crippen molar-refractivity contribution in [2.75, 3.05) is 58.7 Å². The van der Waals surface area contributed by atoms with Crippen LogP contribution in [0.15, 0.2) is 41.1 Å². The minimum atomic E-state index is 0.0584. The number of likely N-dealkylation sites (tertiary alicyclic amines) is 1. The van der Waals surface area contributed by atoms with Crippen LogP contribution in [0.25, 0.3) is 11.4 Å². The number of nitrogens with zero attached hydrogens (tertiary/aromatic N) is 6. The molecule has 0 unspecified atom stereocenters. The largest absolute Gasteiger partial charge is 0.495 e. The van der Waals surface area contributed by atoms with Crippen LogP contribution in [0.3, 0.4) is 0 Å². The molecule has 3 aliphatic rings. The SMILES string of the molecule is COc1cc(C(=O)N2CCC(N3CCN(C)CC3)CC2)ccc1Nc1ncc2c(n1)-c1ccc(Br)n1CC2. The van der Waals surface area contributed by atoms with Gasteiger partial charge in [0, 0.05) is 69.2 Å². The van der Waals surface area contributed by atoms with Crippen molar-refractivity contribution in [2.45, 2.75) is 31.8 Å². The average molecular weight is 581 g/mol. The number of rotatable bonds is 5. The highest BCUT2D eigenvalue weighted by Gasteiger charge is 2.29. The van der Waals surface area contributed by atoms with Gasteiger partial charge < -0.3 is 24.4 Å². The molecule has 6 rings (SSSR count). The van der Waals surface area contributed by atoms with E-state index in [0.29, 0.717) is 23.3 Å². The zero-order chi connectivity index (χ0) is 26.2. The Morgan fingerprint density at radius 1 is 1.05 bits per heavy atom. The molecule has 0 saturated carbocycles. The third-order valence-corrected chi connectivity index (χ3v) is 8.83. The Balaban J connectivity index is 1.13. The quantitative estimate of drug-likeness (QED) is 0.491. The first-order chi connectivity index (χ1) is 18.5. The summed E-state index contributed by atoms with van der Waals surface area (Å²) in [4.78, 5) is 29.7. The fourth-order valence-corrected chi connectivity index (χ4v) is 6.33. The Kier molecular flexibility index (Phi) is 7.11. The second-order valence-electron chi connectivity index (χ2n) is 10.4. The third kappa shape index (κ3) is 4.92. The fourth-order valence-electron chi connectivity index (χ4n) is 5.83. The Morgan fingerprint density at radius 3 is 2.61 bits per heavy atom. The summed E-state index contributed by atoms with van der Waals surface area (Å²) in [5.74, 6) is 1.15. The van der Waals surface area contributed by atoms with E-state index in [1.54, 1.807) is 7.11 Å². The molecule has 3 aliphatic heterocycles. The number of piperidine rings is 1. The van der Waals surface area contributed by atoms with E-state index >= 15 is 0 Å². The number of aryl methyl sites for hydroxylation is 1. The predicted octanol–water partition coefficient (Wildman–Crippen LogP) is 3.87. The molecule has 0 atom stereocenters. The van der Waals surface area contributed by atoms with Crippen molar-refractivity contribution < 1.29 is 9.53 Å². The van der Waals surface area contributed by atoms with Gasteiger partial charge in [-0.25, -0.2) is 9.97 Å². The molecule has 0 bridgehead atoms. The Bertz CT molecular complexity index is 1330. The lowest BCUT2D eigenvalue weighted by molar-refractivity contribution is 0.0518. The Hall–Kier alpha value is -2.95. The summed E-state index contributed by atoms with van der Waals surface area (Å²) in [6.45, 7) is 6.99. The molecule has 2 aromatic heterocycles. The van der Waals surface area contributed by atoms with Gasteiger partial charge in [0.2, 0.25) is 5.95 Å². The van der Waals surface area contributed by atoms with Crippen LogP contribution in [0.1, 0.15) is 28.8 Å². The van der Waals surface area contributed by atoms with Crippen molar-refractivity contribution in [3.63, 3.8) is 0 Å². The van der Waals surface area contributed by atoms with E-state index in [-0.39, 0.29) is 5.91 Å². The number of hydrogen-bond acceptors (Lipinski definition) is 7. The van der Waals surface area contributed by atoms with Crippen LogP contribution in [0, 0.1) is 0 Å². The number of ether oxygens (including phenoxy) is 1. The number of carbonyl (C=O) groups excluding carboxylic acids is 1. The van der Waals surface area contributed by atoms with Crippen LogP contribution < -0.4 is 10.1 Å². The van der Waals surface area contributed by atoms with Crippen molar-refractivity contribution in [3.05, 3.63) is 52.3 Å². The number of fused-ring (bicyclic) bond motifs is 3. The normalized spacial score (nSPS) is 18.7. The number of anilines is 2. The van der Waals surface area contributed by atoms with Gasteiger partial charge in [0.25, 0.3) is 5.91 Å². The van der Waals surface area contributed by atoms with Crippen molar-refractivity contribution >= 4 is 33.5 Å². The minimum Gasteiger partial charge on any atom is -0.495 e. The predicted molar refractivity (Wildman–Crippen MR) is 151 cm³/mol. The zero-order valence-corrected chi connectivity index (χ0v) is 23.6. The molecule has 1 amide bonds. The highest BCUT2D eigenvalue weighted by Crippen LogP contribution is 2.34. The van der Waals surface area contributed by atoms with Crippen molar-refractivity contribution in [2.24, 2.45) is 0 Å². The number of aromatic nitrogens is 3. The van der Waals surface area contributed by atoms with Crippen molar-refractivity contribution in [3.8, 4) is 17.1 Å². The van der Waals surface area contributed by atoms with Gasteiger partial charge in [0.15, 0.2) is 0 Å². The fraction of sp³-hybridized carbons (Fsp3) is 0.464. The number of carbonyl (C=O) groups is 1. The van der Waals surface area contributed by atoms with Crippen LogP contribution in [-0.2, 0) is 13.0 Å². The number of hydrogen-bond donors (Lipinski definition) is 1. The van der Waals surface area contributed by atoms with Gasteiger partial charge in [0.05, 0.1) is 28.8 Å². The molecule has 2 saturated heterocycles. The number of halogens is 1. The van der Waals surface area contributed by atoms with E-state index in [0.717, 1.165) is 92.3 Å². The molecule has 2 fully saturated rings. The van der Waals surface area contributed by atoms with Gasteiger partial charge in [-0.2, -0.15) is 0 Å². The molecular weight excluding hydrogens is 546 g/mol. The molecule has 0 spiro atoms. The average Bonchev–Trinajstić information content (AvgIpc) is 3.34. The highest BCUT2D eigenvalue weighted by atomic mass is 79.9. The number of amides is 1. The molecular formula is C28H34BrN7O2. The van der Waals surface area contributed by atoms with Gasteiger partial charge in [0.1, 0.15) is 5.75 Å². The maximum Gasteiger partial charge on any atom is 0.253 e.